The van der Waals surface area contributed by atoms with Gasteiger partial charge in [0.2, 0.25) is 0 Å². The van der Waals surface area contributed by atoms with Gasteiger partial charge in [-0.1, -0.05) is 0 Å². The molecule has 0 radical (unpaired) electrons. The second kappa shape index (κ2) is 8.55. The van der Waals surface area contributed by atoms with Crippen LogP contribution in [0.15, 0.2) is 12.4 Å². The van der Waals surface area contributed by atoms with Crippen molar-refractivity contribution in [2.75, 3.05) is 11.9 Å². The predicted octanol–water partition coefficient (Wildman–Crippen LogP) is 3.33. The average Bonchev–Trinajstić information content (AvgIpc) is 3.34. The second-order valence-electron chi connectivity index (χ2n) is 7.27. The zero-order chi connectivity index (χ0) is 16.7. The quantitative estimate of drug-likeness (QED) is 0.779. The third-order valence-corrected chi connectivity index (χ3v) is 5.30. The van der Waals surface area contributed by atoms with Gasteiger partial charge in [0.25, 0.3) is 0 Å². The molecule has 2 saturated carbocycles. The molecule has 2 aromatic heterocycles. The molecule has 0 aliphatic heterocycles. The Bertz CT molecular complexity index is 737. The number of nitrogens with zero attached hydrogens (tertiary/aromatic N) is 4. The third kappa shape index (κ3) is 4.48. The normalized spacial score (nSPS) is 21.3. The molecule has 2 aliphatic carbocycles. The molecule has 0 atom stereocenters. The molecular formula is C18H28Cl2N6. The minimum atomic E-state index is 0. The highest BCUT2D eigenvalue weighted by Gasteiger charge is 2.32. The fraction of sp³-hybridized carbons (Fsp3) is 0.611. The maximum absolute atomic E-state index is 5.95. The van der Waals surface area contributed by atoms with Gasteiger partial charge in [-0.25, -0.2) is 15.0 Å². The molecule has 8 heteroatoms. The number of halogens is 2. The van der Waals surface area contributed by atoms with Crippen molar-refractivity contribution in [3.05, 3.63) is 35.3 Å². The van der Waals surface area contributed by atoms with Crippen LogP contribution in [0.5, 0.6) is 0 Å². The Kier molecular flexibility index (Phi) is 6.88. The molecule has 0 bridgehead atoms. The summed E-state index contributed by atoms with van der Waals surface area (Å²) in [5.41, 5.74) is 9.44. The van der Waals surface area contributed by atoms with E-state index in [1.165, 1.54) is 24.2 Å². The van der Waals surface area contributed by atoms with E-state index >= 15 is 0 Å². The highest BCUT2D eigenvalue weighted by Crippen LogP contribution is 2.41. The number of anilines is 1. The summed E-state index contributed by atoms with van der Waals surface area (Å²) in [7, 11) is 0. The van der Waals surface area contributed by atoms with Crippen molar-refractivity contribution >= 4 is 30.6 Å². The van der Waals surface area contributed by atoms with E-state index in [2.05, 4.69) is 27.9 Å². The van der Waals surface area contributed by atoms with Gasteiger partial charge >= 0.3 is 0 Å². The molecule has 2 fully saturated rings. The molecular weight excluding hydrogens is 371 g/mol. The van der Waals surface area contributed by atoms with Crippen LogP contribution in [-0.4, -0.2) is 32.1 Å². The molecule has 2 aliphatic rings. The summed E-state index contributed by atoms with van der Waals surface area (Å²) in [4.78, 5) is 13.9. The van der Waals surface area contributed by atoms with Gasteiger partial charge < -0.3 is 15.6 Å². The first-order valence-electron chi connectivity index (χ1n) is 8.97. The fourth-order valence-electron chi connectivity index (χ4n) is 3.29. The first-order chi connectivity index (χ1) is 11.6. The number of nitrogens with two attached hydrogens (primary N) is 1. The molecule has 6 nitrogen and oxygen atoms in total. The third-order valence-electron chi connectivity index (χ3n) is 5.30. The van der Waals surface area contributed by atoms with Gasteiger partial charge in [0, 0.05) is 48.4 Å². The minimum absolute atomic E-state index is 0. The Hall–Kier alpha value is -1.37. The number of aryl methyl sites for hydroxylation is 1. The first kappa shape index (κ1) is 20.9. The van der Waals surface area contributed by atoms with E-state index in [4.69, 9.17) is 15.7 Å². The van der Waals surface area contributed by atoms with Gasteiger partial charge in [0.15, 0.2) is 0 Å². The zero-order valence-electron chi connectivity index (χ0n) is 15.3. The minimum Gasteiger partial charge on any atom is -0.368 e. The van der Waals surface area contributed by atoms with Crippen LogP contribution in [0.4, 0.5) is 5.82 Å². The highest BCUT2D eigenvalue weighted by atomic mass is 35.5. The molecule has 2 heterocycles. The van der Waals surface area contributed by atoms with Crippen LogP contribution in [0.25, 0.3) is 0 Å². The molecule has 0 spiro atoms. The average molecular weight is 399 g/mol. The van der Waals surface area contributed by atoms with Crippen molar-refractivity contribution in [3.63, 3.8) is 0 Å². The summed E-state index contributed by atoms with van der Waals surface area (Å²) in [5.74, 6) is 3.05. The summed E-state index contributed by atoms with van der Waals surface area (Å²) < 4.78 is 2.18. The summed E-state index contributed by atoms with van der Waals surface area (Å²) in [5, 5.41) is 3.48. The Morgan fingerprint density at radius 3 is 2.46 bits per heavy atom. The van der Waals surface area contributed by atoms with Crippen LogP contribution < -0.4 is 11.1 Å². The van der Waals surface area contributed by atoms with Crippen LogP contribution in [0.3, 0.4) is 0 Å². The highest BCUT2D eigenvalue weighted by molar-refractivity contribution is 5.85. The lowest BCUT2D eigenvalue weighted by Crippen LogP contribution is -2.35. The van der Waals surface area contributed by atoms with Crippen LogP contribution in [-0.2, 0) is 6.54 Å². The Balaban J connectivity index is 0.00000121. The molecule has 0 aromatic carbocycles. The van der Waals surface area contributed by atoms with E-state index in [1.807, 2.05) is 13.3 Å². The van der Waals surface area contributed by atoms with Crippen LogP contribution in [0.2, 0.25) is 0 Å². The van der Waals surface area contributed by atoms with Gasteiger partial charge in [0.1, 0.15) is 11.6 Å². The number of hydrogen-bond acceptors (Lipinski definition) is 5. The standard InChI is InChI=1S/C18H26N6.2ClH/c1-11-12(2)24(10-21-11)6-5-20-17-9-16(14-7-15(19)8-14)22-18(23-17)13-3-4-13;;/h9-10,13-15H,3-8,19H2,1-2H3,(H,20,22,23);2*1H. The summed E-state index contributed by atoms with van der Waals surface area (Å²) >= 11 is 0. The molecule has 0 unspecified atom stereocenters. The number of nitrogens with one attached hydrogen (secondary N) is 1. The van der Waals surface area contributed by atoms with Crippen molar-refractivity contribution in [3.8, 4) is 0 Å². The Morgan fingerprint density at radius 1 is 1.15 bits per heavy atom. The number of hydrogen-bond donors (Lipinski definition) is 2. The van der Waals surface area contributed by atoms with E-state index in [9.17, 15) is 0 Å². The number of imidazole rings is 1. The molecule has 26 heavy (non-hydrogen) atoms. The molecule has 144 valence electrons. The molecule has 3 N–H and O–H groups in total. The van der Waals surface area contributed by atoms with Gasteiger partial charge in [-0.3, -0.25) is 0 Å². The lowest BCUT2D eigenvalue weighted by molar-refractivity contribution is 0.344. The van der Waals surface area contributed by atoms with Crippen molar-refractivity contribution in [2.45, 2.75) is 64.0 Å². The molecule has 0 amide bonds. The van der Waals surface area contributed by atoms with Gasteiger partial charge in [-0.05, 0) is 39.5 Å². The second-order valence-corrected chi connectivity index (χ2v) is 7.27. The van der Waals surface area contributed by atoms with E-state index in [0.717, 1.165) is 43.3 Å². The van der Waals surface area contributed by atoms with Crippen molar-refractivity contribution in [2.24, 2.45) is 5.73 Å². The lowest BCUT2D eigenvalue weighted by atomic mass is 9.78. The maximum atomic E-state index is 5.95. The molecule has 4 rings (SSSR count). The molecule has 2 aromatic rings. The van der Waals surface area contributed by atoms with E-state index in [0.29, 0.717) is 17.9 Å². The van der Waals surface area contributed by atoms with E-state index < -0.39 is 0 Å². The van der Waals surface area contributed by atoms with E-state index in [-0.39, 0.29) is 24.8 Å². The van der Waals surface area contributed by atoms with Crippen LogP contribution in [0, 0.1) is 13.8 Å². The van der Waals surface area contributed by atoms with E-state index in [1.54, 1.807) is 0 Å². The largest absolute Gasteiger partial charge is 0.368 e. The Morgan fingerprint density at radius 2 is 1.88 bits per heavy atom. The maximum Gasteiger partial charge on any atom is 0.134 e. The van der Waals surface area contributed by atoms with Crippen LogP contribution in [0.1, 0.15) is 60.4 Å². The van der Waals surface area contributed by atoms with Crippen molar-refractivity contribution in [1.29, 1.82) is 0 Å². The smallest absolute Gasteiger partial charge is 0.134 e. The number of rotatable bonds is 6. The topological polar surface area (TPSA) is 81.7 Å². The lowest BCUT2D eigenvalue weighted by Gasteiger charge is -2.32. The predicted molar refractivity (Wildman–Crippen MR) is 109 cm³/mol. The first-order valence-corrected chi connectivity index (χ1v) is 8.97. The van der Waals surface area contributed by atoms with Gasteiger partial charge in [-0.15, -0.1) is 24.8 Å². The summed E-state index contributed by atoms with van der Waals surface area (Å²) in [6, 6.07) is 2.47. The summed E-state index contributed by atoms with van der Waals surface area (Å²) in [6.45, 7) is 5.87. The van der Waals surface area contributed by atoms with Crippen LogP contribution >= 0.6 is 24.8 Å². The fourth-order valence-corrected chi connectivity index (χ4v) is 3.29. The van der Waals surface area contributed by atoms with Gasteiger partial charge in [0.05, 0.1) is 12.0 Å². The van der Waals surface area contributed by atoms with Crippen molar-refractivity contribution in [1.82, 2.24) is 19.5 Å². The molecule has 0 saturated heterocycles. The number of aromatic nitrogens is 4. The SMILES string of the molecule is Cc1ncn(CCNc2cc(C3CC(N)C3)nc(C3CC3)n2)c1C.Cl.Cl. The monoisotopic (exact) mass is 398 g/mol. The van der Waals surface area contributed by atoms with Crippen molar-refractivity contribution < 1.29 is 0 Å². The summed E-state index contributed by atoms with van der Waals surface area (Å²) in [6.07, 6.45) is 6.45. The van der Waals surface area contributed by atoms with Gasteiger partial charge in [-0.2, -0.15) is 0 Å². The Labute approximate surface area is 167 Å². The zero-order valence-corrected chi connectivity index (χ0v) is 16.9.